The summed E-state index contributed by atoms with van der Waals surface area (Å²) in [5.74, 6) is 0.581. The largest absolute Gasteiger partial charge is 0.497 e. The highest BCUT2D eigenvalue weighted by Crippen LogP contribution is 2.37. The monoisotopic (exact) mass is 409 g/mol. The molecule has 3 aromatic rings. The quantitative estimate of drug-likeness (QED) is 0.672. The van der Waals surface area contributed by atoms with Crippen LogP contribution in [0.2, 0.25) is 0 Å². The number of benzene rings is 2. The highest BCUT2D eigenvalue weighted by Gasteiger charge is 2.35. The molecule has 0 saturated heterocycles. The van der Waals surface area contributed by atoms with Crippen LogP contribution in [-0.2, 0) is 4.79 Å². The third-order valence-electron chi connectivity index (χ3n) is 4.89. The maximum Gasteiger partial charge on any atom is 0.255 e. The summed E-state index contributed by atoms with van der Waals surface area (Å²) in [6, 6.07) is 10.6. The molecule has 2 aromatic carbocycles. The van der Waals surface area contributed by atoms with Crippen LogP contribution in [0.15, 0.2) is 60.1 Å². The number of hydrogen-bond donors (Lipinski definition) is 2. The number of rotatable bonds is 5. The minimum atomic E-state index is -0.790. The number of fused-ring (bicyclic) bond motifs is 1. The SMILES string of the molecule is COc1ccc(OC)c(NC(=O)C2=C(C)Nc3ncnn3[C@@H]2c2ccccc2F)c1. The van der Waals surface area contributed by atoms with Crippen molar-refractivity contribution < 1.29 is 18.7 Å². The highest BCUT2D eigenvalue weighted by molar-refractivity contribution is 6.06. The van der Waals surface area contributed by atoms with Crippen LogP contribution in [0.3, 0.4) is 0 Å². The molecule has 4 rings (SSSR count). The molecule has 1 aromatic heterocycles. The molecule has 8 nitrogen and oxygen atoms in total. The van der Waals surface area contributed by atoms with Crippen LogP contribution in [-0.4, -0.2) is 34.9 Å². The normalized spacial score (nSPS) is 15.3. The summed E-state index contributed by atoms with van der Waals surface area (Å²) in [6.07, 6.45) is 1.36. The van der Waals surface area contributed by atoms with Gasteiger partial charge in [-0.05, 0) is 25.1 Å². The van der Waals surface area contributed by atoms with Crippen molar-refractivity contribution in [3.05, 3.63) is 71.4 Å². The van der Waals surface area contributed by atoms with Crippen molar-refractivity contribution in [3.63, 3.8) is 0 Å². The third kappa shape index (κ3) is 3.34. The van der Waals surface area contributed by atoms with Crippen LogP contribution < -0.4 is 20.1 Å². The number of carbonyl (C=O) groups is 1. The zero-order valence-electron chi connectivity index (χ0n) is 16.6. The van der Waals surface area contributed by atoms with E-state index in [0.29, 0.717) is 40.0 Å². The van der Waals surface area contributed by atoms with Crippen molar-refractivity contribution in [3.8, 4) is 11.5 Å². The minimum Gasteiger partial charge on any atom is -0.497 e. The first kappa shape index (κ1) is 19.4. The predicted molar refractivity (Wildman–Crippen MR) is 109 cm³/mol. The van der Waals surface area contributed by atoms with Gasteiger partial charge in [0.25, 0.3) is 5.91 Å². The Hall–Kier alpha value is -3.88. The van der Waals surface area contributed by atoms with Gasteiger partial charge in [-0.1, -0.05) is 18.2 Å². The average molecular weight is 409 g/mol. The van der Waals surface area contributed by atoms with Crippen LogP contribution in [0.4, 0.5) is 16.0 Å². The minimum absolute atomic E-state index is 0.308. The molecule has 0 bridgehead atoms. The van der Waals surface area contributed by atoms with E-state index in [4.69, 9.17) is 9.47 Å². The lowest BCUT2D eigenvalue weighted by Gasteiger charge is -2.29. The van der Waals surface area contributed by atoms with E-state index < -0.39 is 17.8 Å². The molecule has 0 fully saturated rings. The lowest BCUT2D eigenvalue weighted by Crippen LogP contribution is -2.32. The summed E-state index contributed by atoms with van der Waals surface area (Å²) in [4.78, 5) is 17.5. The van der Waals surface area contributed by atoms with Gasteiger partial charge in [0, 0.05) is 17.3 Å². The predicted octanol–water partition coefficient (Wildman–Crippen LogP) is 3.36. The van der Waals surface area contributed by atoms with Crippen molar-refractivity contribution in [1.29, 1.82) is 0 Å². The average Bonchev–Trinajstić information content (AvgIpc) is 3.21. The zero-order chi connectivity index (χ0) is 21.3. The first-order valence-electron chi connectivity index (χ1n) is 9.18. The van der Waals surface area contributed by atoms with Gasteiger partial charge in [0.2, 0.25) is 5.95 Å². The molecule has 1 atom stereocenters. The van der Waals surface area contributed by atoms with E-state index in [0.717, 1.165) is 0 Å². The second-order valence-electron chi connectivity index (χ2n) is 6.64. The Morgan fingerprint density at radius 3 is 2.73 bits per heavy atom. The van der Waals surface area contributed by atoms with Crippen LogP contribution in [0.1, 0.15) is 18.5 Å². The molecule has 0 saturated carbocycles. The smallest absolute Gasteiger partial charge is 0.255 e. The van der Waals surface area contributed by atoms with Gasteiger partial charge in [0.1, 0.15) is 29.7 Å². The fourth-order valence-corrected chi connectivity index (χ4v) is 3.47. The van der Waals surface area contributed by atoms with E-state index in [9.17, 15) is 9.18 Å². The topological polar surface area (TPSA) is 90.3 Å². The summed E-state index contributed by atoms with van der Waals surface area (Å²) in [6.45, 7) is 1.74. The number of carbonyl (C=O) groups excluding carboxylic acids is 1. The molecule has 1 aliphatic heterocycles. The van der Waals surface area contributed by atoms with E-state index in [1.807, 2.05) is 0 Å². The molecule has 1 amide bonds. The second kappa shape index (κ2) is 7.86. The van der Waals surface area contributed by atoms with Gasteiger partial charge in [-0.15, -0.1) is 0 Å². The molecule has 0 spiro atoms. The van der Waals surface area contributed by atoms with Crippen LogP contribution in [0.25, 0.3) is 0 Å². The summed E-state index contributed by atoms with van der Waals surface area (Å²) >= 11 is 0. The number of nitrogens with one attached hydrogen (secondary N) is 2. The van der Waals surface area contributed by atoms with Gasteiger partial charge in [-0.25, -0.2) is 9.07 Å². The van der Waals surface area contributed by atoms with Gasteiger partial charge in [0.15, 0.2) is 0 Å². The van der Waals surface area contributed by atoms with E-state index in [1.165, 1.54) is 31.3 Å². The molecule has 0 aliphatic carbocycles. The number of methoxy groups -OCH3 is 2. The first-order valence-corrected chi connectivity index (χ1v) is 9.18. The van der Waals surface area contributed by atoms with Crippen molar-refractivity contribution in [2.45, 2.75) is 13.0 Å². The fourth-order valence-electron chi connectivity index (χ4n) is 3.47. The number of nitrogens with zero attached hydrogens (tertiary/aromatic N) is 3. The number of allylic oxidation sites excluding steroid dienone is 1. The molecular formula is C21H20FN5O3. The summed E-state index contributed by atoms with van der Waals surface area (Å²) in [7, 11) is 3.04. The van der Waals surface area contributed by atoms with Crippen molar-refractivity contribution in [2.75, 3.05) is 24.9 Å². The van der Waals surface area contributed by atoms with Gasteiger partial charge in [0.05, 0.1) is 25.5 Å². The maximum atomic E-state index is 14.7. The first-order chi connectivity index (χ1) is 14.5. The molecule has 2 heterocycles. The highest BCUT2D eigenvalue weighted by atomic mass is 19.1. The molecule has 154 valence electrons. The van der Waals surface area contributed by atoms with Crippen LogP contribution in [0, 0.1) is 5.82 Å². The van der Waals surface area contributed by atoms with Crippen LogP contribution in [0.5, 0.6) is 11.5 Å². The zero-order valence-corrected chi connectivity index (χ0v) is 16.6. The standard InChI is InChI=1S/C21H20FN5O3/c1-12-18(20(28)26-16-10-13(29-2)8-9-17(16)30-3)19(14-6-4-5-7-15(14)22)27-21(25-12)23-11-24-27/h4-11,19H,1-3H3,(H,26,28)(H,23,24,25)/t19-/m1/s1. The van der Waals surface area contributed by atoms with E-state index >= 15 is 0 Å². The number of anilines is 2. The number of halogens is 1. The molecular weight excluding hydrogens is 389 g/mol. The Kier molecular flexibility index (Phi) is 5.09. The lowest BCUT2D eigenvalue weighted by molar-refractivity contribution is -0.113. The van der Waals surface area contributed by atoms with Gasteiger partial charge in [-0.3, -0.25) is 4.79 Å². The molecule has 1 aliphatic rings. The van der Waals surface area contributed by atoms with E-state index in [1.54, 1.807) is 43.3 Å². The Balaban J connectivity index is 1.78. The molecule has 0 radical (unpaired) electrons. The van der Waals surface area contributed by atoms with Gasteiger partial charge >= 0.3 is 0 Å². The lowest BCUT2D eigenvalue weighted by atomic mass is 9.94. The van der Waals surface area contributed by atoms with Crippen molar-refractivity contribution >= 4 is 17.5 Å². The number of amides is 1. The Morgan fingerprint density at radius 2 is 2.00 bits per heavy atom. The van der Waals surface area contributed by atoms with Crippen molar-refractivity contribution in [2.24, 2.45) is 0 Å². The Morgan fingerprint density at radius 1 is 1.20 bits per heavy atom. The third-order valence-corrected chi connectivity index (χ3v) is 4.89. The van der Waals surface area contributed by atoms with E-state index in [-0.39, 0.29) is 0 Å². The summed E-state index contributed by atoms with van der Waals surface area (Å²) < 4.78 is 26.8. The van der Waals surface area contributed by atoms with Gasteiger partial charge < -0.3 is 20.1 Å². The maximum absolute atomic E-state index is 14.7. The van der Waals surface area contributed by atoms with Crippen LogP contribution >= 0.6 is 0 Å². The number of hydrogen-bond acceptors (Lipinski definition) is 6. The molecule has 9 heteroatoms. The summed E-state index contributed by atoms with van der Waals surface area (Å²) in [5.41, 5.74) is 1.60. The second-order valence-corrected chi connectivity index (χ2v) is 6.64. The number of aromatic nitrogens is 3. The van der Waals surface area contributed by atoms with Crippen molar-refractivity contribution in [1.82, 2.24) is 14.8 Å². The molecule has 30 heavy (non-hydrogen) atoms. The summed E-state index contributed by atoms with van der Waals surface area (Å²) in [5, 5.41) is 10.1. The van der Waals surface area contributed by atoms with Gasteiger partial charge in [-0.2, -0.15) is 10.1 Å². The molecule has 0 unspecified atom stereocenters. The fraction of sp³-hybridized carbons (Fsp3) is 0.190. The Labute approximate surface area is 172 Å². The Bertz CT molecular complexity index is 1140. The van der Waals surface area contributed by atoms with E-state index in [2.05, 4.69) is 20.7 Å². The number of ether oxygens (including phenoxy) is 2. The molecule has 2 N–H and O–H groups in total.